The Morgan fingerprint density at radius 1 is 0.867 bits per heavy atom. The maximum absolute atomic E-state index is 13.5. The lowest BCUT2D eigenvalue weighted by Crippen LogP contribution is -2.49. The minimum absolute atomic E-state index is 0.0878. The number of para-hydroxylation sites is 2. The van der Waals surface area contributed by atoms with Gasteiger partial charge in [-0.25, -0.2) is 4.98 Å². The van der Waals surface area contributed by atoms with Crippen molar-refractivity contribution in [2.45, 2.75) is 75.4 Å². The molecule has 0 saturated carbocycles. The van der Waals surface area contributed by atoms with E-state index >= 15 is 0 Å². The molecule has 3 fully saturated rings. The molecule has 3 aromatic carbocycles. The fraction of sp³-hybridized carbons (Fsp3) is 0.474. The summed E-state index contributed by atoms with van der Waals surface area (Å²) in [5.74, 6) is 2.02. The summed E-state index contributed by atoms with van der Waals surface area (Å²) in [6.45, 7) is 5.89. The van der Waals surface area contributed by atoms with Crippen molar-refractivity contribution in [3.8, 4) is 5.75 Å². The number of carbonyl (C=O) groups excluding carboxylic acids is 1. The second-order valence-electron chi connectivity index (χ2n) is 13.3. The average Bonchev–Trinajstić information content (AvgIpc) is 3.54. The van der Waals surface area contributed by atoms with E-state index in [1.54, 1.807) is 7.11 Å². The summed E-state index contributed by atoms with van der Waals surface area (Å²) >= 11 is 0. The molecule has 0 N–H and O–H groups in total. The van der Waals surface area contributed by atoms with Gasteiger partial charge < -0.3 is 18.9 Å². The minimum Gasteiger partial charge on any atom is -0.491 e. The van der Waals surface area contributed by atoms with Crippen molar-refractivity contribution < 1.29 is 14.3 Å². The van der Waals surface area contributed by atoms with Crippen LogP contribution in [0, 0.1) is 6.92 Å². The van der Waals surface area contributed by atoms with Gasteiger partial charge in [0.1, 0.15) is 18.2 Å². The Morgan fingerprint density at radius 2 is 1.56 bits per heavy atom. The molecule has 4 heterocycles. The monoisotopic (exact) mass is 606 g/mol. The van der Waals surface area contributed by atoms with Crippen LogP contribution in [0.3, 0.4) is 0 Å². The highest BCUT2D eigenvalue weighted by molar-refractivity contribution is 5.94. The molecule has 1 aromatic heterocycles. The predicted molar refractivity (Wildman–Crippen MR) is 178 cm³/mol. The molecule has 45 heavy (non-hydrogen) atoms. The number of ether oxygens (including phenoxy) is 2. The number of hydrogen-bond acceptors (Lipinski definition) is 5. The van der Waals surface area contributed by atoms with Crippen molar-refractivity contribution in [1.29, 1.82) is 0 Å². The van der Waals surface area contributed by atoms with Crippen LogP contribution in [0.1, 0.15) is 72.7 Å². The first-order valence-corrected chi connectivity index (χ1v) is 16.8. The fourth-order valence-electron chi connectivity index (χ4n) is 8.52. The van der Waals surface area contributed by atoms with Gasteiger partial charge in [0.2, 0.25) is 0 Å². The van der Waals surface area contributed by atoms with E-state index in [-0.39, 0.29) is 11.3 Å². The average molecular weight is 607 g/mol. The van der Waals surface area contributed by atoms with Crippen molar-refractivity contribution in [2.24, 2.45) is 0 Å². The Labute approximate surface area is 267 Å². The van der Waals surface area contributed by atoms with Crippen molar-refractivity contribution >= 4 is 16.9 Å². The van der Waals surface area contributed by atoms with Crippen LogP contribution >= 0.6 is 0 Å². The van der Waals surface area contributed by atoms with Gasteiger partial charge >= 0.3 is 0 Å². The summed E-state index contributed by atoms with van der Waals surface area (Å²) in [4.78, 5) is 23.3. The molecule has 236 valence electrons. The molecule has 0 unspecified atom stereocenters. The summed E-state index contributed by atoms with van der Waals surface area (Å²) < 4.78 is 13.3. The first kappa shape index (κ1) is 30.0. The highest BCUT2D eigenvalue weighted by Crippen LogP contribution is 2.45. The molecule has 0 aliphatic carbocycles. The van der Waals surface area contributed by atoms with Crippen LogP contribution in [0.25, 0.3) is 11.0 Å². The normalized spacial score (nSPS) is 23.0. The summed E-state index contributed by atoms with van der Waals surface area (Å²) in [7, 11) is 1.66. The molecule has 7 nitrogen and oxygen atoms in total. The molecule has 7 rings (SSSR count). The molecular weight excluding hydrogens is 560 g/mol. The third kappa shape index (κ3) is 6.00. The molecule has 3 aliphatic heterocycles. The van der Waals surface area contributed by atoms with E-state index in [0.717, 1.165) is 61.6 Å². The molecule has 7 heteroatoms. The van der Waals surface area contributed by atoms with Crippen LogP contribution in [0.15, 0.2) is 78.9 Å². The molecule has 0 spiro atoms. The van der Waals surface area contributed by atoms with Crippen LogP contribution in [0.2, 0.25) is 0 Å². The number of amides is 1. The lowest BCUT2D eigenvalue weighted by molar-refractivity contribution is 0.0607. The minimum atomic E-state index is 0.0878. The van der Waals surface area contributed by atoms with E-state index in [1.807, 2.05) is 24.3 Å². The van der Waals surface area contributed by atoms with Crippen LogP contribution in [0.5, 0.6) is 5.75 Å². The Hall–Kier alpha value is -3.68. The molecule has 0 radical (unpaired) electrons. The lowest BCUT2D eigenvalue weighted by Gasteiger charge is -2.45. The van der Waals surface area contributed by atoms with Crippen molar-refractivity contribution in [2.75, 3.05) is 40.0 Å². The van der Waals surface area contributed by atoms with E-state index in [0.29, 0.717) is 31.3 Å². The zero-order chi connectivity index (χ0) is 30.8. The zero-order valence-electron chi connectivity index (χ0n) is 26.7. The summed E-state index contributed by atoms with van der Waals surface area (Å²) in [6, 6.07) is 29.0. The van der Waals surface area contributed by atoms with Gasteiger partial charge in [-0.2, -0.15) is 0 Å². The van der Waals surface area contributed by atoms with Gasteiger partial charge in [0.05, 0.1) is 17.6 Å². The van der Waals surface area contributed by atoms with E-state index in [4.69, 9.17) is 14.5 Å². The molecular formula is C38H46N4O3. The largest absolute Gasteiger partial charge is 0.491 e. The Bertz CT molecular complexity index is 1580. The molecule has 4 aromatic rings. The van der Waals surface area contributed by atoms with Gasteiger partial charge in [0.25, 0.3) is 5.91 Å². The smallest absolute Gasteiger partial charge is 0.253 e. The zero-order valence-corrected chi connectivity index (χ0v) is 26.7. The van der Waals surface area contributed by atoms with E-state index < -0.39 is 0 Å². The Kier molecular flexibility index (Phi) is 8.65. The van der Waals surface area contributed by atoms with Gasteiger partial charge in [0.15, 0.2) is 0 Å². The maximum atomic E-state index is 13.5. The number of imidazole rings is 1. The molecule has 3 aliphatic rings. The van der Waals surface area contributed by atoms with Crippen molar-refractivity contribution in [3.63, 3.8) is 0 Å². The lowest BCUT2D eigenvalue weighted by atomic mass is 9.70. The van der Waals surface area contributed by atoms with E-state index in [1.165, 1.54) is 36.8 Å². The number of hydrogen-bond donors (Lipinski definition) is 0. The summed E-state index contributed by atoms with van der Waals surface area (Å²) in [5.41, 5.74) is 4.64. The predicted octanol–water partition coefficient (Wildman–Crippen LogP) is 6.80. The van der Waals surface area contributed by atoms with Gasteiger partial charge in [0, 0.05) is 43.9 Å². The number of rotatable bonds is 10. The maximum Gasteiger partial charge on any atom is 0.253 e. The standard InChI is InChI=1S/C38H46N4O3/c1-28-39-35-10-6-7-11-36(35)42(28)33-26-31-14-15-32(27-33)41(31)23-20-38(30-8-4-3-5-9-30)18-21-40(22-19-38)37(43)29-12-16-34(17-13-29)45-25-24-44-2/h3-13,16-17,31-33H,14-15,18-27H2,1-2H3/t31-,32+,33+. The molecule has 2 bridgehead atoms. The Balaban J connectivity index is 1.02. The van der Waals surface area contributed by atoms with Crippen molar-refractivity contribution in [1.82, 2.24) is 19.4 Å². The van der Waals surface area contributed by atoms with Crippen LogP contribution in [-0.4, -0.2) is 77.3 Å². The van der Waals surface area contributed by atoms with Crippen LogP contribution < -0.4 is 4.74 Å². The SMILES string of the molecule is COCCOc1ccc(C(=O)N2CCC(CCN3[C@@H]4CC[C@H]3C[C@@H](n3c(C)nc5ccccc53)C4)(c3ccccc3)CC2)cc1. The van der Waals surface area contributed by atoms with Crippen LogP contribution in [0.4, 0.5) is 0 Å². The third-order valence-electron chi connectivity index (χ3n) is 10.9. The highest BCUT2D eigenvalue weighted by atomic mass is 16.5. The first-order chi connectivity index (χ1) is 22.0. The van der Waals surface area contributed by atoms with Gasteiger partial charge in [-0.05, 0) is 106 Å². The third-order valence-corrected chi connectivity index (χ3v) is 10.9. The molecule has 1 amide bonds. The number of methoxy groups -OCH3 is 1. The molecule has 3 atom stereocenters. The summed E-state index contributed by atoms with van der Waals surface area (Å²) in [6.07, 6.45) is 8.12. The number of aromatic nitrogens is 2. The number of piperidine rings is 2. The van der Waals surface area contributed by atoms with E-state index in [9.17, 15) is 4.79 Å². The topological polar surface area (TPSA) is 59.8 Å². The number of aryl methyl sites for hydroxylation is 1. The fourth-order valence-corrected chi connectivity index (χ4v) is 8.52. The van der Waals surface area contributed by atoms with Gasteiger partial charge in [-0.1, -0.05) is 42.5 Å². The Morgan fingerprint density at radius 3 is 2.27 bits per heavy atom. The van der Waals surface area contributed by atoms with E-state index in [2.05, 4.69) is 75.9 Å². The molecule has 3 saturated heterocycles. The number of carbonyl (C=O) groups is 1. The van der Waals surface area contributed by atoms with Gasteiger partial charge in [-0.15, -0.1) is 0 Å². The number of benzene rings is 3. The number of nitrogens with zero attached hydrogens (tertiary/aromatic N) is 4. The van der Waals surface area contributed by atoms with Crippen LogP contribution in [-0.2, 0) is 10.2 Å². The first-order valence-electron chi connectivity index (χ1n) is 16.8. The second-order valence-corrected chi connectivity index (χ2v) is 13.3. The summed E-state index contributed by atoms with van der Waals surface area (Å²) in [5, 5.41) is 0. The second kappa shape index (κ2) is 13.0. The van der Waals surface area contributed by atoms with Crippen molar-refractivity contribution in [3.05, 3.63) is 95.8 Å². The quantitative estimate of drug-likeness (QED) is 0.186. The highest BCUT2D eigenvalue weighted by Gasteiger charge is 2.44. The number of likely N-dealkylation sites (tertiary alicyclic amines) is 1. The number of fused-ring (bicyclic) bond motifs is 3. The van der Waals surface area contributed by atoms with Gasteiger partial charge in [-0.3, -0.25) is 9.69 Å².